The van der Waals surface area contributed by atoms with Gasteiger partial charge in [-0.05, 0) is 42.7 Å². The summed E-state index contributed by atoms with van der Waals surface area (Å²) in [5.74, 6) is -2.46. The van der Waals surface area contributed by atoms with Gasteiger partial charge in [0.15, 0.2) is 10.9 Å². The number of hydrogen-bond donors (Lipinski definition) is 2. The van der Waals surface area contributed by atoms with E-state index in [0.717, 1.165) is 23.3 Å². The summed E-state index contributed by atoms with van der Waals surface area (Å²) in [5, 5.41) is 13.1. The van der Waals surface area contributed by atoms with Crippen LogP contribution in [-0.2, 0) is 11.0 Å². The number of ketones is 1. The van der Waals surface area contributed by atoms with Crippen molar-refractivity contribution in [1.29, 1.82) is 0 Å². The number of carbonyl (C=O) groups is 2. The molecule has 9 heteroatoms. The largest absolute Gasteiger partial charge is 0.481 e. The molecule has 0 aliphatic heterocycles. The van der Waals surface area contributed by atoms with Crippen LogP contribution in [-0.4, -0.2) is 21.8 Å². The molecule has 1 saturated carbocycles. The fraction of sp³-hybridized carbons (Fsp3) is 0.222. The number of carbonyl (C=O) groups excluding carboxylic acids is 1. The molecule has 5 rings (SSSR count). The second-order valence-electron chi connectivity index (χ2n) is 8.80. The van der Waals surface area contributed by atoms with Crippen LogP contribution >= 0.6 is 11.3 Å². The Morgan fingerprint density at radius 2 is 1.72 bits per heavy atom. The van der Waals surface area contributed by atoms with Crippen molar-refractivity contribution >= 4 is 44.1 Å². The fourth-order valence-corrected chi connectivity index (χ4v) is 5.58. The maximum atomic E-state index is 13.3. The number of rotatable bonds is 6. The summed E-state index contributed by atoms with van der Waals surface area (Å²) in [5.41, 5.74) is 2.06. The van der Waals surface area contributed by atoms with E-state index in [-0.39, 0.29) is 11.3 Å². The molecule has 1 fully saturated rings. The molecule has 1 aromatic heterocycles. The summed E-state index contributed by atoms with van der Waals surface area (Å²) >= 11 is 1.21. The van der Waals surface area contributed by atoms with E-state index in [9.17, 15) is 27.9 Å². The van der Waals surface area contributed by atoms with Crippen LogP contribution in [0.5, 0.6) is 0 Å². The van der Waals surface area contributed by atoms with E-state index in [1.807, 2.05) is 30.3 Å². The number of anilines is 2. The highest BCUT2D eigenvalue weighted by atomic mass is 32.1. The van der Waals surface area contributed by atoms with Gasteiger partial charge in [-0.2, -0.15) is 13.2 Å². The number of thiazole rings is 1. The molecule has 2 N–H and O–H groups in total. The first-order valence-electron chi connectivity index (χ1n) is 11.4. The van der Waals surface area contributed by atoms with Crippen LogP contribution < -0.4 is 5.32 Å². The van der Waals surface area contributed by atoms with E-state index in [2.05, 4.69) is 10.3 Å². The lowest BCUT2D eigenvalue weighted by Crippen LogP contribution is -2.25. The van der Waals surface area contributed by atoms with Crippen molar-refractivity contribution in [3.63, 3.8) is 0 Å². The number of alkyl halides is 3. The number of hydrogen-bond acceptors (Lipinski definition) is 5. The second kappa shape index (κ2) is 9.39. The number of fused-ring (bicyclic) bond motifs is 1. The monoisotopic (exact) mass is 510 g/mol. The van der Waals surface area contributed by atoms with Crippen LogP contribution in [0.4, 0.5) is 24.0 Å². The molecular weight excluding hydrogens is 489 g/mol. The lowest BCUT2D eigenvalue weighted by molar-refractivity contribution is -0.142. The highest BCUT2D eigenvalue weighted by Crippen LogP contribution is 2.39. The summed E-state index contributed by atoms with van der Waals surface area (Å²) in [7, 11) is 0. The Morgan fingerprint density at radius 3 is 2.44 bits per heavy atom. The van der Waals surface area contributed by atoms with Crippen molar-refractivity contribution < 1.29 is 27.9 Å². The topological polar surface area (TPSA) is 79.3 Å². The molecule has 36 heavy (non-hydrogen) atoms. The maximum Gasteiger partial charge on any atom is 0.416 e. The molecule has 1 aliphatic carbocycles. The van der Waals surface area contributed by atoms with E-state index in [0.29, 0.717) is 40.3 Å². The van der Waals surface area contributed by atoms with Crippen LogP contribution in [0.1, 0.15) is 35.2 Å². The average molecular weight is 511 g/mol. The molecule has 1 aliphatic rings. The van der Waals surface area contributed by atoms with Gasteiger partial charge in [-0.3, -0.25) is 9.59 Å². The lowest BCUT2D eigenvalue weighted by atomic mass is 9.87. The molecule has 4 aromatic rings. The predicted octanol–water partition coefficient (Wildman–Crippen LogP) is 7.41. The van der Waals surface area contributed by atoms with Crippen molar-refractivity contribution in [2.24, 2.45) is 11.8 Å². The lowest BCUT2D eigenvalue weighted by Gasteiger charge is -2.17. The van der Waals surface area contributed by atoms with Crippen LogP contribution in [0.3, 0.4) is 0 Å². The van der Waals surface area contributed by atoms with Gasteiger partial charge in [-0.15, -0.1) is 0 Å². The van der Waals surface area contributed by atoms with Gasteiger partial charge in [0.05, 0.1) is 21.7 Å². The van der Waals surface area contributed by atoms with Crippen LogP contribution in [0.2, 0.25) is 0 Å². The van der Waals surface area contributed by atoms with E-state index >= 15 is 0 Å². The Hall–Kier alpha value is -3.72. The Bertz CT molecular complexity index is 1450. The van der Waals surface area contributed by atoms with Crippen LogP contribution in [0.25, 0.3) is 21.3 Å². The number of carboxylic acids is 1. The molecule has 0 spiro atoms. The summed E-state index contributed by atoms with van der Waals surface area (Å²) in [6.07, 6.45) is -2.77. The highest BCUT2D eigenvalue weighted by Gasteiger charge is 2.38. The Kier molecular flexibility index (Phi) is 6.26. The number of carboxylic acid groups (broad SMARTS) is 1. The van der Waals surface area contributed by atoms with E-state index in [1.165, 1.54) is 17.4 Å². The molecular formula is C27H21F3N2O3S. The van der Waals surface area contributed by atoms with E-state index < -0.39 is 29.5 Å². The first-order chi connectivity index (χ1) is 17.2. The molecule has 0 radical (unpaired) electrons. The first kappa shape index (κ1) is 24.0. The number of halogens is 3. The second-order valence-corrected chi connectivity index (χ2v) is 9.83. The fourth-order valence-electron chi connectivity index (χ4n) is 4.73. The number of nitrogens with zero attached hydrogens (tertiary/aromatic N) is 1. The highest BCUT2D eigenvalue weighted by molar-refractivity contribution is 7.22. The maximum absolute atomic E-state index is 13.3. The number of Topliss-reactive ketones (excluding diaryl/α,β-unsaturated/α-hetero) is 1. The van der Waals surface area contributed by atoms with E-state index in [1.54, 1.807) is 18.2 Å². The third kappa shape index (κ3) is 4.70. The van der Waals surface area contributed by atoms with Crippen molar-refractivity contribution in [2.45, 2.75) is 25.4 Å². The molecule has 3 aromatic carbocycles. The van der Waals surface area contributed by atoms with Gasteiger partial charge < -0.3 is 10.4 Å². The van der Waals surface area contributed by atoms with Crippen LogP contribution in [0.15, 0.2) is 66.7 Å². The number of aliphatic carboxylic acids is 1. The van der Waals surface area contributed by atoms with Crippen LogP contribution in [0, 0.1) is 11.8 Å². The standard InChI is InChI=1S/C27H21F3N2O3S/c28-27(29,30)17-10-12-23-22(14-17)32-26(36-23)31-21-13-16(9-11-18(21)15-5-2-1-3-6-15)24(33)19-7-4-8-20(19)25(34)35/h1-3,5-6,9-14,19-20H,4,7-8H2,(H,31,32)(H,34,35)/t19-,20-/m1/s1. The number of benzene rings is 3. The Morgan fingerprint density at radius 1 is 0.972 bits per heavy atom. The summed E-state index contributed by atoms with van der Waals surface area (Å²) in [6, 6.07) is 18.1. The van der Waals surface area contributed by atoms with Crippen molar-refractivity contribution in [2.75, 3.05) is 5.32 Å². The van der Waals surface area contributed by atoms with Gasteiger partial charge in [-0.1, -0.05) is 60.2 Å². The smallest absolute Gasteiger partial charge is 0.416 e. The quantitative estimate of drug-likeness (QED) is 0.264. The zero-order valence-corrected chi connectivity index (χ0v) is 19.7. The van der Waals surface area contributed by atoms with Gasteiger partial charge in [-0.25, -0.2) is 4.98 Å². The minimum atomic E-state index is -4.46. The summed E-state index contributed by atoms with van der Waals surface area (Å²) in [6.45, 7) is 0. The Balaban J connectivity index is 1.53. The van der Waals surface area contributed by atoms with Gasteiger partial charge in [0.2, 0.25) is 0 Å². The third-order valence-electron chi connectivity index (χ3n) is 6.52. The molecule has 0 saturated heterocycles. The van der Waals surface area contributed by atoms with Crippen molar-refractivity contribution in [1.82, 2.24) is 4.98 Å². The number of aromatic nitrogens is 1. The van der Waals surface area contributed by atoms with Gasteiger partial charge >= 0.3 is 12.1 Å². The van der Waals surface area contributed by atoms with Crippen molar-refractivity contribution in [3.05, 3.63) is 77.9 Å². The van der Waals surface area contributed by atoms with Gasteiger partial charge in [0, 0.05) is 22.7 Å². The predicted molar refractivity (Wildman–Crippen MR) is 133 cm³/mol. The summed E-state index contributed by atoms with van der Waals surface area (Å²) in [4.78, 5) is 29.2. The molecule has 1 heterocycles. The molecule has 0 amide bonds. The van der Waals surface area contributed by atoms with Gasteiger partial charge in [0.1, 0.15) is 0 Å². The van der Waals surface area contributed by atoms with E-state index in [4.69, 9.17) is 0 Å². The minimum absolute atomic E-state index is 0.221. The zero-order chi connectivity index (χ0) is 25.4. The molecule has 0 unspecified atom stereocenters. The SMILES string of the molecule is O=C(O)[C@@H]1CCC[C@H]1C(=O)c1ccc(-c2ccccc2)c(Nc2nc3cc(C(F)(F)F)ccc3s2)c1. The minimum Gasteiger partial charge on any atom is -0.481 e. The number of nitrogens with one attached hydrogen (secondary N) is 1. The van der Waals surface area contributed by atoms with Gasteiger partial charge in [0.25, 0.3) is 0 Å². The first-order valence-corrected chi connectivity index (χ1v) is 12.2. The zero-order valence-electron chi connectivity index (χ0n) is 18.9. The summed E-state index contributed by atoms with van der Waals surface area (Å²) < 4.78 is 40.0. The average Bonchev–Trinajstić information content (AvgIpc) is 3.50. The third-order valence-corrected chi connectivity index (χ3v) is 7.47. The molecule has 184 valence electrons. The normalized spacial score (nSPS) is 17.9. The molecule has 0 bridgehead atoms. The Labute approximate surface area is 208 Å². The molecule has 2 atom stereocenters. The molecule has 5 nitrogen and oxygen atoms in total. The van der Waals surface area contributed by atoms with Crippen molar-refractivity contribution in [3.8, 4) is 11.1 Å².